The fourth-order valence-electron chi connectivity index (χ4n) is 2.61. The number of aromatic nitrogens is 3. The fraction of sp³-hybridized carbons (Fsp3) is 0.462. The quantitative estimate of drug-likeness (QED) is 0.532. The maximum absolute atomic E-state index is 12.3. The van der Waals surface area contributed by atoms with Gasteiger partial charge in [0.1, 0.15) is 12.4 Å². The van der Waals surface area contributed by atoms with Gasteiger partial charge < -0.3 is 25.1 Å². The molecule has 3 heterocycles. The van der Waals surface area contributed by atoms with Crippen molar-refractivity contribution in [2.24, 2.45) is 0 Å². The molecule has 0 amide bonds. The SMILES string of the molecule is CC(=O)O[C@@H]1C(O)C(CC=O)OC1n1c(=O)sc2cnc(N)nc21. The molecule has 0 spiro atoms. The molecule has 3 unspecified atom stereocenters. The summed E-state index contributed by atoms with van der Waals surface area (Å²) in [5.74, 6) is -0.692. The Kier molecular flexibility index (Phi) is 4.30. The number of esters is 1. The van der Waals surface area contributed by atoms with Gasteiger partial charge >= 0.3 is 10.8 Å². The van der Waals surface area contributed by atoms with Crippen molar-refractivity contribution in [1.82, 2.24) is 14.5 Å². The molecule has 1 saturated heterocycles. The van der Waals surface area contributed by atoms with Crippen molar-refractivity contribution >= 4 is 39.9 Å². The third kappa shape index (κ3) is 2.77. The highest BCUT2D eigenvalue weighted by Gasteiger charge is 2.47. The topological polar surface area (TPSA) is 147 Å². The van der Waals surface area contributed by atoms with E-state index in [0.29, 0.717) is 11.0 Å². The Hall–Kier alpha value is -2.37. The smallest absolute Gasteiger partial charge is 0.311 e. The second kappa shape index (κ2) is 6.26. The van der Waals surface area contributed by atoms with Crippen LogP contribution < -0.4 is 10.6 Å². The number of aliphatic hydroxyl groups excluding tert-OH is 1. The van der Waals surface area contributed by atoms with Crippen LogP contribution in [0.2, 0.25) is 0 Å². The Labute approximate surface area is 138 Å². The van der Waals surface area contributed by atoms with Crippen LogP contribution in [0.1, 0.15) is 19.6 Å². The van der Waals surface area contributed by atoms with Crippen molar-refractivity contribution in [2.75, 3.05) is 5.73 Å². The number of ether oxygens (including phenoxy) is 2. The normalized spacial score (nSPS) is 26.6. The zero-order chi connectivity index (χ0) is 17.4. The monoisotopic (exact) mass is 354 g/mol. The van der Waals surface area contributed by atoms with E-state index in [4.69, 9.17) is 15.2 Å². The third-order valence-electron chi connectivity index (χ3n) is 3.57. The molecule has 1 aliphatic rings. The zero-order valence-electron chi connectivity index (χ0n) is 12.5. The predicted molar refractivity (Wildman–Crippen MR) is 82.2 cm³/mol. The molecule has 0 radical (unpaired) electrons. The molecule has 0 saturated carbocycles. The van der Waals surface area contributed by atoms with Gasteiger partial charge in [-0.3, -0.25) is 14.2 Å². The van der Waals surface area contributed by atoms with Gasteiger partial charge in [0.25, 0.3) is 0 Å². The van der Waals surface area contributed by atoms with Crippen LogP contribution >= 0.6 is 11.3 Å². The van der Waals surface area contributed by atoms with Gasteiger partial charge in [-0.1, -0.05) is 11.3 Å². The first-order valence-corrected chi connectivity index (χ1v) is 7.82. The van der Waals surface area contributed by atoms with Gasteiger partial charge in [-0.15, -0.1) is 0 Å². The number of fused-ring (bicyclic) bond motifs is 1. The van der Waals surface area contributed by atoms with E-state index in [9.17, 15) is 19.5 Å². The summed E-state index contributed by atoms with van der Waals surface area (Å²) >= 11 is 0.866. The molecule has 0 aromatic carbocycles. The average Bonchev–Trinajstić information content (AvgIpc) is 2.97. The molecule has 2 aromatic heterocycles. The second-order valence-electron chi connectivity index (χ2n) is 5.19. The first kappa shape index (κ1) is 16.5. The zero-order valence-corrected chi connectivity index (χ0v) is 13.3. The Morgan fingerprint density at radius 2 is 2.38 bits per heavy atom. The van der Waals surface area contributed by atoms with Crippen LogP contribution in [0.15, 0.2) is 11.0 Å². The maximum Gasteiger partial charge on any atom is 0.311 e. The molecule has 1 fully saturated rings. The van der Waals surface area contributed by atoms with Gasteiger partial charge in [-0.2, -0.15) is 4.98 Å². The molecular formula is C13H14N4O6S. The summed E-state index contributed by atoms with van der Waals surface area (Å²) in [6, 6.07) is 0. The van der Waals surface area contributed by atoms with Gasteiger partial charge in [0.05, 0.1) is 17.0 Å². The molecule has 0 bridgehead atoms. The summed E-state index contributed by atoms with van der Waals surface area (Å²) in [6.07, 6.45) is -2.57. The summed E-state index contributed by atoms with van der Waals surface area (Å²) in [6.45, 7) is 1.17. The molecule has 0 aliphatic carbocycles. The minimum atomic E-state index is -1.26. The van der Waals surface area contributed by atoms with Crippen molar-refractivity contribution in [3.05, 3.63) is 15.9 Å². The van der Waals surface area contributed by atoms with E-state index in [1.807, 2.05) is 0 Å². The number of carbonyl (C=O) groups is 2. The van der Waals surface area contributed by atoms with Gasteiger partial charge in [0.2, 0.25) is 5.95 Å². The lowest BCUT2D eigenvalue weighted by molar-refractivity contribution is -0.155. The Bertz CT molecular complexity index is 849. The van der Waals surface area contributed by atoms with Crippen LogP contribution in [-0.2, 0) is 19.1 Å². The van der Waals surface area contributed by atoms with Crippen LogP contribution in [0.3, 0.4) is 0 Å². The Morgan fingerprint density at radius 1 is 1.62 bits per heavy atom. The lowest BCUT2D eigenvalue weighted by Crippen LogP contribution is -2.37. The number of nitrogens with zero attached hydrogens (tertiary/aromatic N) is 3. The number of hydrogen-bond acceptors (Lipinski definition) is 10. The van der Waals surface area contributed by atoms with Crippen molar-refractivity contribution in [1.29, 1.82) is 0 Å². The van der Waals surface area contributed by atoms with Crippen molar-refractivity contribution < 1.29 is 24.2 Å². The van der Waals surface area contributed by atoms with E-state index in [2.05, 4.69) is 9.97 Å². The number of nitrogen functional groups attached to an aromatic ring is 1. The summed E-state index contributed by atoms with van der Waals surface area (Å²) in [5.41, 5.74) is 5.77. The van der Waals surface area contributed by atoms with Gasteiger partial charge in [0.15, 0.2) is 18.0 Å². The lowest BCUT2D eigenvalue weighted by atomic mass is 10.1. The fourth-order valence-corrected chi connectivity index (χ4v) is 3.43. The Morgan fingerprint density at radius 3 is 3.04 bits per heavy atom. The van der Waals surface area contributed by atoms with Crippen LogP contribution in [-0.4, -0.2) is 50.2 Å². The summed E-state index contributed by atoms with van der Waals surface area (Å²) in [7, 11) is 0. The highest BCUT2D eigenvalue weighted by atomic mass is 32.1. The Balaban J connectivity index is 2.10. The number of thiazole rings is 1. The molecule has 3 N–H and O–H groups in total. The van der Waals surface area contributed by atoms with Gasteiger partial charge in [0, 0.05) is 13.3 Å². The minimum absolute atomic E-state index is 0.0407. The molecule has 4 atom stereocenters. The first-order chi connectivity index (χ1) is 11.4. The number of rotatable bonds is 4. The van der Waals surface area contributed by atoms with E-state index < -0.39 is 35.4 Å². The van der Waals surface area contributed by atoms with E-state index in [1.54, 1.807) is 0 Å². The van der Waals surface area contributed by atoms with Crippen LogP contribution in [0.25, 0.3) is 10.3 Å². The van der Waals surface area contributed by atoms with E-state index in [-0.39, 0.29) is 18.0 Å². The van der Waals surface area contributed by atoms with E-state index in [0.717, 1.165) is 15.9 Å². The predicted octanol–water partition coefficient (Wildman–Crippen LogP) is -0.786. The number of aldehydes is 1. The van der Waals surface area contributed by atoms with Gasteiger partial charge in [-0.05, 0) is 0 Å². The number of carbonyl (C=O) groups excluding carboxylic acids is 2. The largest absolute Gasteiger partial charge is 0.455 e. The molecule has 128 valence electrons. The van der Waals surface area contributed by atoms with Crippen molar-refractivity contribution in [3.63, 3.8) is 0 Å². The minimum Gasteiger partial charge on any atom is -0.455 e. The molecule has 1 aliphatic heterocycles. The number of hydrogen-bond donors (Lipinski definition) is 2. The standard InChI is InChI=1S/C13H14N4O6S/c1-5(19)22-9-8(20)6(2-3-18)23-11(9)17-10-7(24-13(17)21)4-15-12(14)16-10/h3-4,6,8-9,11,20H,2H2,1H3,(H2,14,15,16)/t6?,8?,9-,11?/m1/s1. The summed E-state index contributed by atoms with van der Waals surface area (Å²) in [4.78, 5) is 41.8. The lowest BCUT2D eigenvalue weighted by Gasteiger charge is -2.20. The highest BCUT2D eigenvalue weighted by Crippen LogP contribution is 2.34. The third-order valence-corrected chi connectivity index (χ3v) is 4.45. The molecule has 24 heavy (non-hydrogen) atoms. The van der Waals surface area contributed by atoms with Crippen molar-refractivity contribution in [2.45, 2.75) is 37.9 Å². The van der Waals surface area contributed by atoms with Crippen LogP contribution in [0.4, 0.5) is 5.95 Å². The molecule has 10 nitrogen and oxygen atoms in total. The van der Waals surface area contributed by atoms with E-state index in [1.165, 1.54) is 13.1 Å². The average molecular weight is 354 g/mol. The molecule has 3 rings (SSSR count). The number of nitrogens with two attached hydrogens (primary N) is 1. The number of anilines is 1. The van der Waals surface area contributed by atoms with Crippen LogP contribution in [0.5, 0.6) is 0 Å². The molecular weight excluding hydrogens is 340 g/mol. The van der Waals surface area contributed by atoms with Crippen LogP contribution in [0, 0.1) is 0 Å². The number of aliphatic hydroxyl groups is 1. The molecule has 11 heteroatoms. The van der Waals surface area contributed by atoms with Gasteiger partial charge in [-0.25, -0.2) is 4.98 Å². The second-order valence-corrected chi connectivity index (χ2v) is 6.18. The van der Waals surface area contributed by atoms with Crippen molar-refractivity contribution in [3.8, 4) is 0 Å². The first-order valence-electron chi connectivity index (χ1n) is 7.00. The van der Waals surface area contributed by atoms with E-state index >= 15 is 0 Å². The highest BCUT2D eigenvalue weighted by molar-refractivity contribution is 7.16. The summed E-state index contributed by atoms with van der Waals surface area (Å²) in [5, 5.41) is 10.3. The summed E-state index contributed by atoms with van der Waals surface area (Å²) < 4.78 is 12.3. The maximum atomic E-state index is 12.3. The molecule has 2 aromatic rings.